The summed E-state index contributed by atoms with van der Waals surface area (Å²) in [6.07, 6.45) is 0.932. The second-order valence-corrected chi connectivity index (χ2v) is 9.25. The maximum atomic E-state index is 13.4. The van der Waals surface area contributed by atoms with Gasteiger partial charge in [0.05, 0.1) is 5.41 Å². The Labute approximate surface area is 154 Å². The van der Waals surface area contributed by atoms with Crippen molar-refractivity contribution in [2.75, 3.05) is 24.5 Å². The third-order valence-electron chi connectivity index (χ3n) is 5.44. The smallest absolute Gasteiger partial charge is 0.239 e. The lowest BCUT2D eigenvalue weighted by molar-refractivity contribution is -0.122. The number of aryl methyl sites for hydroxylation is 1. The van der Waals surface area contributed by atoms with Crippen LogP contribution in [-0.2, 0) is 16.8 Å². The summed E-state index contributed by atoms with van der Waals surface area (Å²) in [5.41, 5.74) is 2.04. The minimum absolute atomic E-state index is 0.312. The summed E-state index contributed by atoms with van der Waals surface area (Å²) in [5.74, 6) is 0.783. The van der Waals surface area contributed by atoms with Gasteiger partial charge < -0.3 is 4.90 Å². The van der Waals surface area contributed by atoms with E-state index in [1.165, 1.54) is 15.3 Å². The Bertz CT molecular complexity index is 797. The van der Waals surface area contributed by atoms with Crippen LogP contribution in [0.25, 0.3) is 0 Å². The van der Waals surface area contributed by atoms with Gasteiger partial charge in [-0.3, -0.25) is 9.69 Å². The Balaban J connectivity index is 1.62. The molecule has 2 aliphatic heterocycles. The number of rotatable bonds is 4. The fourth-order valence-electron chi connectivity index (χ4n) is 4.35. The SMILES string of the molecule is Cc1ccc(CN2CCC3(C2)C(=O)N(CC(C)C)c2ccccc23)s1. The minimum Gasteiger partial charge on any atom is -0.311 e. The van der Waals surface area contributed by atoms with E-state index >= 15 is 0 Å². The van der Waals surface area contributed by atoms with Crippen molar-refractivity contribution in [1.82, 2.24) is 4.90 Å². The van der Waals surface area contributed by atoms with E-state index in [1.807, 2.05) is 16.2 Å². The molecule has 3 heterocycles. The van der Waals surface area contributed by atoms with Crippen LogP contribution in [0.2, 0.25) is 0 Å². The fourth-order valence-corrected chi connectivity index (χ4v) is 5.28. The summed E-state index contributed by atoms with van der Waals surface area (Å²) < 4.78 is 0. The molecule has 2 aliphatic rings. The number of para-hydroxylation sites is 1. The van der Waals surface area contributed by atoms with Crippen LogP contribution in [0.1, 0.15) is 35.6 Å². The van der Waals surface area contributed by atoms with E-state index in [0.717, 1.165) is 38.3 Å². The maximum absolute atomic E-state index is 13.4. The van der Waals surface area contributed by atoms with E-state index in [9.17, 15) is 4.79 Å². The highest BCUT2D eigenvalue weighted by atomic mass is 32.1. The zero-order valence-electron chi connectivity index (χ0n) is 15.3. The van der Waals surface area contributed by atoms with Crippen molar-refractivity contribution < 1.29 is 4.79 Å². The topological polar surface area (TPSA) is 23.6 Å². The molecule has 4 rings (SSSR count). The number of nitrogens with zero attached hydrogens (tertiary/aromatic N) is 2. The van der Waals surface area contributed by atoms with Crippen LogP contribution in [-0.4, -0.2) is 30.4 Å². The van der Waals surface area contributed by atoms with Gasteiger partial charge in [-0.2, -0.15) is 0 Å². The monoisotopic (exact) mass is 354 g/mol. The van der Waals surface area contributed by atoms with Crippen LogP contribution >= 0.6 is 11.3 Å². The molecule has 0 aliphatic carbocycles. The number of likely N-dealkylation sites (tertiary alicyclic amines) is 1. The summed E-state index contributed by atoms with van der Waals surface area (Å²) in [6.45, 7) is 10.1. The molecule has 0 N–H and O–H groups in total. The third kappa shape index (κ3) is 2.81. The number of hydrogen-bond donors (Lipinski definition) is 0. The summed E-state index contributed by atoms with van der Waals surface area (Å²) in [7, 11) is 0. The van der Waals surface area contributed by atoms with Gasteiger partial charge in [0, 0.05) is 35.1 Å². The van der Waals surface area contributed by atoms with Gasteiger partial charge >= 0.3 is 0 Å². The average Bonchev–Trinajstić information content (AvgIpc) is 3.24. The second kappa shape index (κ2) is 6.26. The van der Waals surface area contributed by atoms with E-state index in [1.54, 1.807) is 0 Å². The molecule has 2 aromatic rings. The fraction of sp³-hybridized carbons (Fsp3) is 0.476. The van der Waals surface area contributed by atoms with Crippen molar-refractivity contribution in [3.05, 3.63) is 51.7 Å². The van der Waals surface area contributed by atoms with Crippen molar-refractivity contribution in [2.45, 2.75) is 39.2 Å². The molecule has 0 saturated carbocycles. The predicted molar refractivity (Wildman–Crippen MR) is 104 cm³/mol. The Hall–Kier alpha value is -1.65. The van der Waals surface area contributed by atoms with Gasteiger partial charge in [0.2, 0.25) is 5.91 Å². The third-order valence-corrected chi connectivity index (χ3v) is 6.42. The highest BCUT2D eigenvalue weighted by molar-refractivity contribution is 7.11. The van der Waals surface area contributed by atoms with Gasteiger partial charge in [-0.05, 0) is 49.6 Å². The molecule has 1 unspecified atom stereocenters. The van der Waals surface area contributed by atoms with Gasteiger partial charge in [-0.15, -0.1) is 11.3 Å². The van der Waals surface area contributed by atoms with E-state index < -0.39 is 0 Å². The van der Waals surface area contributed by atoms with Gasteiger partial charge in [0.15, 0.2) is 0 Å². The Morgan fingerprint density at radius 2 is 2.00 bits per heavy atom. The molecule has 1 aromatic heterocycles. The number of anilines is 1. The Kier molecular flexibility index (Phi) is 4.20. The number of hydrogen-bond acceptors (Lipinski definition) is 3. The first-order chi connectivity index (χ1) is 12.0. The zero-order valence-corrected chi connectivity index (χ0v) is 16.1. The molecular formula is C21H26N2OS. The number of carbonyl (C=O) groups excluding carboxylic acids is 1. The minimum atomic E-state index is -0.336. The molecule has 1 atom stereocenters. The maximum Gasteiger partial charge on any atom is 0.239 e. The van der Waals surface area contributed by atoms with Crippen LogP contribution in [0.15, 0.2) is 36.4 Å². The molecule has 1 saturated heterocycles. The van der Waals surface area contributed by atoms with Gasteiger partial charge in [0.1, 0.15) is 0 Å². The first-order valence-electron chi connectivity index (χ1n) is 9.19. The van der Waals surface area contributed by atoms with E-state index in [0.29, 0.717) is 11.8 Å². The molecule has 3 nitrogen and oxygen atoms in total. The molecule has 132 valence electrons. The summed E-state index contributed by atoms with van der Waals surface area (Å²) >= 11 is 1.86. The second-order valence-electron chi connectivity index (χ2n) is 7.88. The lowest BCUT2D eigenvalue weighted by atomic mass is 9.81. The molecule has 1 aromatic carbocycles. The molecule has 0 radical (unpaired) electrons. The molecule has 1 spiro atoms. The van der Waals surface area contributed by atoms with Crippen molar-refractivity contribution >= 4 is 22.9 Å². The lowest BCUT2D eigenvalue weighted by Gasteiger charge is -2.25. The van der Waals surface area contributed by atoms with E-state index in [2.05, 4.69) is 62.1 Å². The predicted octanol–water partition coefficient (Wildman–Crippen LogP) is 4.20. The van der Waals surface area contributed by atoms with Gasteiger partial charge in [-0.1, -0.05) is 32.0 Å². The Morgan fingerprint density at radius 3 is 2.72 bits per heavy atom. The molecule has 1 amide bonds. The van der Waals surface area contributed by atoms with Gasteiger partial charge in [-0.25, -0.2) is 0 Å². The van der Waals surface area contributed by atoms with Crippen LogP contribution in [0, 0.1) is 12.8 Å². The van der Waals surface area contributed by atoms with Crippen molar-refractivity contribution in [1.29, 1.82) is 0 Å². The lowest BCUT2D eigenvalue weighted by Crippen LogP contribution is -2.43. The summed E-state index contributed by atoms with van der Waals surface area (Å²) in [4.78, 5) is 20.7. The molecular weight excluding hydrogens is 328 g/mol. The summed E-state index contributed by atoms with van der Waals surface area (Å²) in [5, 5.41) is 0. The molecule has 0 bridgehead atoms. The normalized spacial score (nSPS) is 23.2. The van der Waals surface area contributed by atoms with Crippen LogP contribution in [0.4, 0.5) is 5.69 Å². The van der Waals surface area contributed by atoms with Crippen molar-refractivity contribution in [2.24, 2.45) is 5.92 Å². The first-order valence-corrected chi connectivity index (χ1v) is 10.0. The standard InChI is InChI=1S/C21H26N2OS/c1-15(2)12-23-19-7-5-4-6-18(19)21(20(23)24)10-11-22(14-21)13-17-9-8-16(3)25-17/h4-9,15H,10-14H2,1-3H3. The Morgan fingerprint density at radius 1 is 1.20 bits per heavy atom. The zero-order chi connectivity index (χ0) is 17.6. The number of carbonyl (C=O) groups is 1. The van der Waals surface area contributed by atoms with Gasteiger partial charge in [0.25, 0.3) is 0 Å². The number of thiophene rings is 1. The highest BCUT2D eigenvalue weighted by Gasteiger charge is 2.54. The van der Waals surface area contributed by atoms with Crippen LogP contribution in [0.3, 0.4) is 0 Å². The summed E-state index contributed by atoms with van der Waals surface area (Å²) in [6, 6.07) is 12.8. The number of amides is 1. The van der Waals surface area contributed by atoms with Crippen LogP contribution < -0.4 is 4.90 Å². The molecule has 25 heavy (non-hydrogen) atoms. The van der Waals surface area contributed by atoms with Crippen molar-refractivity contribution in [3.8, 4) is 0 Å². The quantitative estimate of drug-likeness (QED) is 0.821. The van der Waals surface area contributed by atoms with Crippen LogP contribution in [0.5, 0.6) is 0 Å². The van der Waals surface area contributed by atoms with E-state index in [4.69, 9.17) is 0 Å². The molecule has 4 heteroatoms. The largest absolute Gasteiger partial charge is 0.311 e. The average molecular weight is 355 g/mol. The first kappa shape index (κ1) is 16.8. The van der Waals surface area contributed by atoms with E-state index in [-0.39, 0.29) is 5.41 Å². The van der Waals surface area contributed by atoms with Crippen molar-refractivity contribution in [3.63, 3.8) is 0 Å². The number of fused-ring (bicyclic) bond motifs is 2. The molecule has 1 fully saturated rings. The number of benzene rings is 1. The highest BCUT2D eigenvalue weighted by Crippen LogP contribution is 2.47.